The highest BCUT2D eigenvalue weighted by atomic mass is 16.3. The number of nitrogens with one attached hydrogen (secondary N) is 1. The van der Waals surface area contributed by atoms with Crippen LogP contribution in [0.1, 0.15) is 53.6 Å². The average molecular weight is 528 g/mol. The normalized spacial score (nSPS) is 21.7. The van der Waals surface area contributed by atoms with Crippen molar-refractivity contribution in [3.8, 4) is 0 Å². The molecule has 2 aliphatic carbocycles. The molecule has 3 heterocycles. The van der Waals surface area contributed by atoms with Gasteiger partial charge in [0.15, 0.2) is 0 Å². The Labute approximate surface area is 230 Å². The number of nitrogen functional groups attached to an aromatic ring is 1. The van der Waals surface area contributed by atoms with Crippen LogP contribution in [0.2, 0.25) is 0 Å². The van der Waals surface area contributed by atoms with Gasteiger partial charge in [-0.05, 0) is 91.4 Å². The number of benzene rings is 1. The van der Waals surface area contributed by atoms with Crippen LogP contribution >= 0.6 is 0 Å². The number of hydrogen-bond acceptors (Lipinski definition) is 5. The topological polar surface area (TPSA) is 88.4 Å². The molecule has 0 bridgehead atoms. The summed E-state index contributed by atoms with van der Waals surface area (Å²) in [5, 5.41) is 15.4. The summed E-state index contributed by atoms with van der Waals surface area (Å²) in [6.07, 6.45) is 14.4. The van der Waals surface area contributed by atoms with Crippen LogP contribution < -0.4 is 16.6 Å². The van der Waals surface area contributed by atoms with Crippen LogP contribution in [0.25, 0.3) is 6.08 Å². The van der Waals surface area contributed by atoms with Gasteiger partial charge in [0.05, 0.1) is 0 Å². The van der Waals surface area contributed by atoms with Crippen LogP contribution in [0.3, 0.4) is 0 Å². The molecular weight excluding hydrogens is 486 g/mol. The van der Waals surface area contributed by atoms with Crippen molar-refractivity contribution in [1.82, 2.24) is 19.4 Å². The zero-order valence-electron chi connectivity index (χ0n) is 22.9. The van der Waals surface area contributed by atoms with Crippen molar-refractivity contribution in [3.63, 3.8) is 0 Å². The summed E-state index contributed by atoms with van der Waals surface area (Å²) in [7, 11) is 1.78. The first kappa shape index (κ1) is 26.1. The van der Waals surface area contributed by atoms with Crippen LogP contribution in [-0.4, -0.2) is 44.5 Å². The van der Waals surface area contributed by atoms with E-state index < -0.39 is 6.23 Å². The van der Waals surface area contributed by atoms with Crippen LogP contribution in [0.5, 0.6) is 0 Å². The first-order valence-electron chi connectivity index (χ1n) is 14.5. The lowest BCUT2D eigenvalue weighted by molar-refractivity contribution is -0.0737. The first-order chi connectivity index (χ1) is 19.0. The van der Waals surface area contributed by atoms with Crippen molar-refractivity contribution in [3.05, 3.63) is 93.2 Å². The molecule has 0 radical (unpaired) electrons. The van der Waals surface area contributed by atoms with E-state index in [-0.39, 0.29) is 11.5 Å². The number of pyridine rings is 1. The summed E-state index contributed by atoms with van der Waals surface area (Å²) >= 11 is 0. The number of aryl methyl sites for hydroxylation is 1. The molecule has 3 aliphatic rings. The second-order valence-electron chi connectivity index (χ2n) is 11.8. The summed E-state index contributed by atoms with van der Waals surface area (Å²) in [4.78, 5) is 14.6. The zero-order chi connectivity index (χ0) is 26.9. The largest absolute Gasteiger partial charge is 0.399 e. The minimum atomic E-state index is -0.526. The summed E-state index contributed by atoms with van der Waals surface area (Å²) in [5.74, 6) is 0.445. The quantitative estimate of drug-likeness (QED) is 0.293. The molecule has 7 heteroatoms. The fourth-order valence-electron chi connectivity index (χ4n) is 6.58. The Kier molecular flexibility index (Phi) is 7.47. The molecule has 7 nitrogen and oxygen atoms in total. The van der Waals surface area contributed by atoms with Crippen molar-refractivity contribution in [1.29, 1.82) is 0 Å². The summed E-state index contributed by atoms with van der Waals surface area (Å²) < 4.78 is 4.00. The molecule has 6 rings (SSSR count). The highest BCUT2D eigenvalue weighted by Crippen LogP contribution is 2.37. The third-order valence-electron chi connectivity index (χ3n) is 8.89. The second kappa shape index (κ2) is 11.2. The van der Waals surface area contributed by atoms with Gasteiger partial charge in [-0.3, -0.25) is 9.69 Å². The van der Waals surface area contributed by atoms with Gasteiger partial charge in [-0.2, -0.15) is 0 Å². The van der Waals surface area contributed by atoms with Crippen molar-refractivity contribution >= 4 is 11.8 Å². The fourth-order valence-corrected chi connectivity index (χ4v) is 6.58. The van der Waals surface area contributed by atoms with Crippen LogP contribution in [0, 0.1) is 11.8 Å². The highest BCUT2D eigenvalue weighted by Gasteiger charge is 2.40. The standard InChI is InChI=1S/C32H41N5O2/c1-35-14-12-22(17-31(35)38)15-24-11-13-34-18-29(24)32(39)37(27-9-10-27)21-25-20-36(30-8-3-2-7-28(25)30)19-23-5-4-6-26(33)16-23/h2,4-7,12,14,16-17,20,24,27,29,32,34,39H,3,8-11,13,15,18-19,21,33H2,1H3/t24?,29-,32?/m0/s1. The summed E-state index contributed by atoms with van der Waals surface area (Å²) in [6, 6.07) is 12.4. The van der Waals surface area contributed by atoms with Crippen molar-refractivity contribution in [2.24, 2.45) is 18.9 Å². The van der Waals surface area contributed by atoms with Crippen molar-refractivity contribution in [2.75, 3.05) is 18.8 Å². The van der Waals surface area contributed by atoms with Gasteiger partial charge < -0.3 is 25.3 Å². The Morgan fingerprint density at radius 2 is 2.05 bits per heavy atom. The van der Waals surface area contributed by atoms with Crippen LogP contribution in [-0.2, 0) is 33.0 Å². The maximum atomic E-state index is 12.2. The fraction of sp³-hybridized carbons (Fsp3) is 0.469. The molecule has 2 fully saturated rings. The Morgan fingerprint density at radius 1 is 1.18 bits per heavy atom. The molecule has 3 aromatic rings. The number of aromatic nitrogens is 2. The number of allylic oxidation sites excluding steroid dienone is 1. The van der Waals surface area contributed by atoms with E-state index in [1.54, 1.807) is 17.7 Å². The maximum Gasteiger partial charge on any atom is 0.250 e. The smallest absolute Gasteiger partial charge is 0.250 e. The number of hydrogen-bond donors (Lipinski definition) is 3. The number of aliphatic hydroxyl groups excluding tert-OH is 1. The van der Waals surface area contributed by atoms with E-state index in [4.69, 9.17) is 5.73 Å². The van der Waals surface area contributed by atoms with Gasteiger partial charge in [-0.1, -0.05) is 24.3 Å². The molecule has 1 aliphatic heterocycles. The van der Waals surface area contributed by atoms with E-state index in [0.717, 1.165) is 76.0 Å². The van der Waals surface area contributed by atoms with E-state index in [2.05, 4.69) is 45.3 Å². The average Bonchev–Trinajstić information content (AvgIpc) is 3.72. The van der Waals surface area contributed by atoms with Crippen LogP contribution in [0.4, 0.5) is 5.69 Å². The van der Waals surface area contributed by atoms with Crippen molar-refractivity contribution < 1.29 is 5.11 Å². The number of piperidine rings is 1. The highest BCUT2D eigenvalue weighted by molar-refractivity contribution is 5.59. The second-order valence-corrected chi connectivity index (χ2v) is 11.8. The number of rotatable bonds is 9. The van der Waals surface area contributed by atoms with Gasteiger partial charge in [0.1, 0.15) is 6.23 Å². The molecule has 39 heavy (non-hydrogen) atoms. The van der Waals surface area contributed by atoms with Gasteiger partial charge in [-0.25, -0.2) is 0 Å². The minimum Gasteiger partial charge on any atom is -0.399 e. The Morgan fingerprint density at radius 3 is 2.85 bits per heavy atom. The van der Waals surface area contributed by atoms with E-state index in [9.17, 15) is 9.90 Å². The monoisotopic (exact) mass is 527 g/mol. The lowest BCUT2D eigenvalue weighted by atomic mass is 9.80. The Hall–Kier alpha value is -3.13. The van der Waals surface area contributed by atoms with Crippen LogP contribution in [0.15, 0.2) is 59.7 Å². The van der Waals surface area contributed by atoms with Gasteiger partial charge in [0, 0.05) is 68.5 Å². The maximum absolute atomic E-state index is 12.2. The molecule has 1 saturated heterocycles. The molecular formula is C32H41N5O2. The van der Waals surface area contributed by atoms with Crippen molar-refractivity contribution in [2.45, 2.75) is 63.9 Å². The number of anilines is 1. The number of nitrogens with zero attached hydrogens (tertiary/aromatic N) is 3. The molecule has 0 spiro atoms. The molecule has 2 unspecified atom stereocenters. The minimum absolute atomic E-state index is 0.0265. The Balaban J connectivity index is 1.24. The molecule has 206 valence electrons. The van der Waals surface area contributed by atoms with E-state index >= 15 is 0 Å². The lowest BCUT2D eigenvalue weighted by Gasteiger charge is -2.40. The third-order valence-corrected chi connectivity index (χ3v) is 8.89. The lowest BCUT2D eigenvalue weighted by Crippen LogP contribution is -2.51. The molecule has 0 amide bonds. The van der Waals surface area contributed by atoms with Gasteiger partial charge in [0.25, 0.3) is 5.56 Å². The molecule has 2 aromatic heterocycles. The number of nitrogens with two attached hydrogens (primary N) is 1. The molecule has 1 saturated carbocycles. The number of aliphatic hydroxyl groups is 1. The molecule has 1 aromatic carbocycles. The number of fused-ring (bicyclic) bond motifs is 1. The molecule has 4 N–H and O–H groups in total. The van der Waals surface area contributed by atoms with E-state index in [1.165, 1.54) is 22.4 Å². The Bertz CT molecular complexity index is 1400. The first-order valence-corrected chi connectivity index (χ1v) is 14.5. The van der Waals surface area contributed by atoms with E-state index in [0.29, 0.717) is 12.0 Å². The zero-order valence-corrected chi connectivity index (χ0v) is 22.9. The summed E-state index contributed by atoms with van der Waals surface area (Å²) in [6.45, 7) is 3.30. The van der Waals surface area contributed by atoms with Gasteiger partial charge in [-0.15, -0.1) is 0 Å². The third kappa shape index (κ3) is 5.76. The SMILES string of the molecule is Cn1ccc(CC2CCNC[C@@H]2C(O)N(Cc2cn(Cc3cccc(N)c3)c3c2C=CCC3)C2CC2)cc1=O. The van der Waals surface area contributed by atoms with E-state index in [1.807, 2.05) is 24.4 Å². The van der Waals surface area contributed by atoms with Gasteiger partial charge in [0.2, 0.25) is 0 Å². The predicted octanol–water partition coefficient (Wildman–Crippen LogP) is 3.53. The van der Waals surface area contributed by atoms with Gasteiger partial charge >= 0.3 is 0 Å². The molecule has 3 atom stereocenters. The predicted molar refractivity (Wildman–Crippen MR) is 156 cm³/mol. The summed E-state index contributed by atoms with van der Waals surface area (Å²) in [5.41, 5.74) is 13.2.